The highest BCUT2D eigenvalue weighted by Gasteiger charge is 2.22. The minimum absolute atomic E-state index is 0.127. The zero-order chi connectivity index (χ0) is 13.4. The molecule has 2 N–H and O–H groups in total. The number of carbonyl (C=O) groups is 2. The fourth-order valence-corrected chi connectivity index (χ4v) is 1.14. The van der Waals surface area contributed by atoms with E-state index in [4.69, 9.17) is 5.41 Å². The summed E-state index contributed by atoms with van der Waals surface area (Å²) in [6.45, 7) is 4.83. The maximum absolute atomic E-state index is 11.4. The maximum Gasteiger partial charge on any atom is 0.343 e. The molecule has 0 unspecified atom stereocenters. The largest absolute Gasteiger partial charge is 0.512 e. The van der Waals surface area contributed by atoms with E-state index < -0.39 is 11.9 Å². The van der Waals surface area contributed by atoms with Gasteiger partial charge in [-0.15, -0.1) is 0 Å². The third-order valence-corrected chi connectivity index (χ3v) is 1.77. The highest BCUT2D eigenvalue weighted by atomic mass is 16.5. The van der Waals surface area contributed by atoms with Gasteiger partial charge in [-0.25, -0.2) is 4.79 Å². The van der Waals surface area contributed by atoms with E-state index in [0.29, 0.717) is 0 Å². The average Bonchev–Trinajstić information content (AvgIpc) is 2.17. The molecule has 0 rings (SSSR count). The van der Waals surface area contributed by atoms with Gasteiger partial charge in [0.25, 0.3) is 0 Å². The first-order valence-corrected chi connectivity index (χ1v) is 5.24. The van der Waals surface area contributed by atoms with Gasteiger partial charge in [0.1, 0.15) is 11.3 Å². The predicted molar refractivity (Wildman–Crippen MR) is 60.9 cm³/mol. The van der Waals surface area contributed by atoms with Crippen LogP contribution in [0, 0.1) is 5.41 Å². The van der Waals surface area contributed by atoms with Crippen molar-refractivity contribution in [3.8, 4) is 0 Å². The number of rotatable bonds is 6. The Morgan fingerprint density at radius 1 is 1.18 bits per heavy atom. The van der Waals surface area contributed by atoms with Gasteiger partial charge in [-0.05, 0) is 20.8 Å². The van der Waals surface area contributed by atoms with Gasteiger partial charge >= 0.3 is 11.9 Å². The molecule has 0 radical (unpaired) electrons. The van der Waals surface area contributed by atoms with E-state index in [0.717, 1.165) is 0 Å². The molecule has 0 saturated carbocycles. The van der Waals surface area contributed by atoms with Crippen molar-refractivity contribution in [3.63, 3.8) is 0 Å². The lowest BCUT2D eigenvalue weighted by Crippen LogP contribution is -2.20. The first kappa shape index (κ1) is 15.2. The summed E-state index contributed by atoms with van der Waals surface area (Å²) in [5, 5.41) is 16.9. The highest BCUT2D eigenvalue weighted by Crippen LogP contribution is 2.09. The summed E-state index contributed by atoms with van der Waals surface area (Å²) in [5.74, 6) is -1.79. The molecule has 0 heterocycles. The summed E-state index contributed by atoms with van der Waals surface area (Å²) in [6.07, 6.45) is -0.375. The molecule has 6 nitrogen and oxygen atoms in total. The molecule has 0 aliphatic carbocycles. The van der Waals surface area contributed by atoms with Gasteiger partial charge < -0.3 is 20.0 Å². The Bertz CT molecular complexity index is 342. The Kier molecular flexibility index (Phi) is 6.62. The summed E-state index contributed by atoms with van der Waals surface area (Å²) >= 11 is 0. The second kappa shape index (κ2) is 7.43. The van der Waals surface area contributed by atoms with Gasteiger partial charge in [0, 0.05) is 0 Å². The van der Waals surface area contributed by atoms with Crippen LogP contribution < -0.4 is 0 Å². The molecule has 0 saturated heterocycles. The smallest absolute Gasteiger partial charge is 0.343 e. The van der Waals surface area contributed by atoms with Gasteiger partial charge in [0.2, 0.25) is 0 Å². The van der Waals surface area contributed by atoms with E-state index in [1.807, 2.05) is 0 Å². The van der Waals surface area contributed by atoms with Crippen LogP contribution in [0.15, 0.2) is 11.3 Å². The average molecular weight is 243 g/mol. The number of aliphatic hydroxyl groups excluding tert-OH is 1. The van der Waals surface area contributed by atoms with E-state index in [1.165, 1.54) is 6.92 Å². The number of nitrogens with one attached hydrogen (secondary N) is 1. The Hall–Kier alpha value is -1.85. The molecule has 96 valence electrons. The van der Waals surface area contributed by atoms with Crippen molar-refractivity contribution in [3.05, 3.63) is 11.3 Å². The van der Waals surface area contributed by atoms with Crippen molar-refractivity contribution < 1.29 is 24.2 Å². The van der Waals surface area contributed by atoms with Crippen molar-refractivity contribution in [2.45, 2.75) is 27.2 Å². The van der Waals surface area contributed by atoms with Crippen LogP contribution in [0.25, 0.3) is 0 Å². The normalized spacial score (nSPS) is 11.5. The molecule has 0 aromatic carbocycles. The number of aliphatic hydroxyl groups is 1. The molecule has 0 bridgehead atoms. The van der Waals surface area contributed by atoms with Crippen molar-refractivity contribution in [1.82, 2.24) is 0 Å². The predicted octanol–water partition coefficient (Wildman–Crippen LogP) is 1.35. The van der Waals surface area contributed by atoms with Crippen LogP contribution in [0.3, 0.4) is 0 Å². The standard InChI is InChI=1S/C11H17NO5/c1-4-16-9(14)6-8(12)10(7(3)13)11(15)17-5-2/h12-13H,4-6H2,1-3H3. The van der Waals surface area contributed by atoms with Crippen LogP contribution in [0.1, 0.15) is 27.2 Å². The van der Waals surface area contributed by atoms with Crippen LogP contribution in [-0.2, 0) is 19.1 Å². The van der Waals surface area contributed by atoms with Gasteiger partial charge in [-0.3, -0.25) is 4.79 Å². The third kappa shape index (κ3) is 5.14. The van der Waals surface area contributed by atoms with Gasteiger partial charge in [-0.2, -0.15) is 0 Å². The first-order chi connectivity index (χ1) is 7.93. The van der Waals surface area contributed by atoms with Gasteiger partial charge in [0.05, 0.1) is 25.3 Å². The van der Waals surface area contributed by atoms with Gasteiger partial charge in [-0.1, -0.05) is 0 Å². The number of esters is 2. The monoisotopic (exact) mass is 243 g/mol. The molecule has 0 aliphatic rings. The minimum Gasteiger partial charge on any atom is -0.512 e. The number of ether oxygens (including phenoxy) is 2. The Morgan fingerprint density at radius 2 is 1.71 bits per heavy atom. The molecule has 0 fully saturated rings. The SMILES string of the molecule is CCOC(=O)CC(=N)C(C(=O)OCC)=C(C)O. The number of carbonyl (C=O) groups excluding carboxylic acids is 2. The fourth-order valence-electron chi connectivity index (χ4n) is 1.14. The lowest BCUT2D eigenvalue weighted by molar-refractivity contribution is -0.141. The van der Waals surface area contributed by atoms with E-state index >= 15 is 0 Å². The lowest BCUT2D eigenvalue weighted by Gasteiger charge is -2.09. The van der Waals surface area contributed by atoms with Crippen LogP contribution in [0.4, 0.5) is 0 Å². The first-order valence-electron chi connectivity index (χ1n) is 5.24. The molecule has 0 aromatic rings. The molecule has 0 aromatic heterocycles. The molecule has 0 amide bonds. The molecule has 0 aliphatic heterocycles. The molecule has 0 spiro atoms. The topological polar surface area (TPSA) is 96.7 Å². The van der Waals surface area contributed by atoms with E-state index in [-0.39, 0.29) is 36.7 Å². The summed E-state index contributed by atoms with van der Waals surface area (Å²) in [5.41, 5.74) is -0.609. The van der Waals surface area contributed by atoms with Crippen LogP contribution in [0.5, 0.6) is 0 Å². The number of hydrogen-bond donors (Lipinski definition) is 2. The van der Waals surface area contributed by atoms with Crippen molar-refractivity contribution >= 4 is 17.7 Å². The molecule has 6 heteroatoms. The van der Waals surface area contributed by atoms with Crippen LogP contribution in [0.2, 0.25) is 0 Å². The van der Waals surface area contributed by atoms with Gasteiger partial charge in [0.15, 0.2) is 0 Å². The summed E-state index contributed by atoms with van der Waals surface area (Å²) in [7, 11) is 0. The molecular weight excluding hydrogens is 226 g/mol. The summed E-state index contributed by atoms with van der Waals surface area (Å²) in [6, 6.07) is 0. The van der Waals surface area contributed by atoms with Crippen molar-refractivity contribution in [2.75, 3.05) is 13.2 Å². The Balaban J connectivity index is 4.76. The van der Waals surface area contributed by atoms with E-state index in [9.17, 15) is 14.7 Å². The second-order valence-corrected chi connectivity index (χ2v) is 3.14. The number of hydrogen-bond acceptors (Lipinski definition) is 6. The maximum atomic E-state index is 11.4. The quantitative estimate of drug-likeness (QED) is 0.318. The molecular formula is C11H17NO5. The fraction of sp³-hybridized carbons (Fsp3) is 0.545. The van der Waals surface area contributed by atoms with Crippen LogP contribution in [-0.4, -0.2) is 36.0 Å². The van der Waals surface area contributed by atoms with Crippen LogP contribution >= 0.6 is 0 Å². The van der Waals surface area contributed by atoms with Crippen molar-refractivity contribution in [1.29, 1.82) is 5.41 Å². The molecule has 0 atom stereocenters. The summed E-state index contributed by atoms with van der Waals surface area (Å²) < 4.78 is 9.32. The Labute approximate surface area is 99.7 Å². The Morgan fingerprint density at radius 3 is 2.12 bits per heavy atom. The zero-order valence-electron chi connectivity index (χ0n) is 10.2. The second-order valence-electron chi connectivity index (χ2n) is 3.14. The minimum atomic E-state index is -0.818. The summed E-state index contributed by atoms with van der Waals surface area (Å²) in [4.78, 5) is 22.6. The van der Waals surface area contributed by atoms with E-state index in [2.05, 4.69) is 9.47 Å². The highest BCUT2D eigenvalue weighted by molar-refractivity contribution is 6.22. The van der Waals surface area contributed by atoms with Crippen molar-refractivity contribution in [2.24, 2.45) is 0 Å². The molecule has 17 heavy (non-hydrogen) atoms. The third-order valence-electron chi connectivity index (χ3n) is 1.77. The lowest BCUT2D eigenvalue weighted by atomic mass is 10.1. The van der Waals surface area contributed by atoms with E-state index in [1.54, 1.807) is 13.8 Å². The number of allylic oxidation sites excluding steroid dienone is 1. The zero-order valence-corrected chi connectivity index (χ0v) is 10.2.